The summed E-state index contributed by atoms with van der Waals surface area (Å²) in [5, 5.41) is 0. The SMILES string of the molecule is CCC(CC)c1ccncc1.CCC(CC)c1ccncc1.CCC(CC)c1ccncc1.CCC(CC)c1ccncc1.[Zn+2]. The molecule has 0 radical (unpaired) electrons. The van der Waals surface area contributed by atoms with Gasteiger partial charge in [-0.25, -0.2) is 0 Å². The molecule has 45 heavy (non-hydrogen) atoms. The Kier molecular flexibility index (Phi) is 25.8. The van der Waals surface area contributed by atoms with Gasteiger partial charge >= 0.3 is 19.5 Å². The molecule has 0 fully saturated rings. The third-order valence-electron chi connectivity index (χ3n) is 8.65. The standard InChI is InChI=1S/4C10H15N.Zn/c4*1-3-9(4-2)10-5-7-11-8-6-10;/h4*5-9H,3-4H2,1-2H3;/q;;;;+2. The van der Waals surface area contributed by atoms with Gasteiger partial charge in [0.25, 0.3) is 0 Å². The second kappa shape index (κ2) is 27.5. The number of hydrogen-bond donors (Lipinski definition) is 0. The molecule has 0 aliphatic carbocycles. The van der Waals surface area contributed by atoms with E-state index in [0.717, 1.165) is 23.7 Å². The first-order valence-electron chi connectivity index (χ1n) is 17.1. The molecule has 0 aliphatic rings. The molecule has 4 heterocycles. The Morgan fingerprint density at radius 1 is 0.311 bits per heavy atom. The largest absolute Gasteiger partial charge is 2.00 e. The minimum atomic E-state index is 0. The Morgan fingerprint density at radius 2 is 0.444 bits per heavy atom. The Hall–Kier alpha value is -2.78. The van der Waals surface area contributed by atoms with Crippen LogP contribution in [-0.2, 0) is 19.5 Å². The second-order valence-electron chi connectivity index (χ2n) is 11.2. The minimum absolute atomic E-state index is 0. The van der Waals surface area contributed by atoms with Gasteiger partial charge in [-0.05, 0) is 146 Å². The normalized spacial score (nSPS) is 10.2. The van der Waals surface area contributed by atoms with Crippen molar-refractivity contribution in [3.63, 3.8) is 0 Å². The molecule has 0 unspecified atom stereocenters. The van der Waals surface area contributed by atoms with Gasteiger partial charge in [0.1, 0.15) is 0 Å². The summed E-state index contributed by atoms with van der Waals surface area (Å²) in [4.78, 5) is 16.0. The van der Waals surface area contributed by atoms with Gasteiger partial charge in [0.05, 0.1) is 0 Å². The van der Waals surface area contributed by atoms with E-state index >= 15 is 0 Å². The van der Waals surface area contributed by atoms with Crippen LogP contribution in [0.5, 0.6) is 0 Å². The van der Waals surface area contributed by atoms with E-state index in [1.54, 1.807) is 0 Å². The van der Waals surface area contributed by atoms with Crippen LogP contribution < -0.4 is 0 Å². The Bertz CT molecular complexity index is 954. The summed E-state index contributed by atoms with van der Waals surface area (Å²) in [7, 11) is 0. The van der Waals surface area contributed by atoms with E-state index in [0.29, 0.717) is 0 Å². The van der Waals surface area contributed by atoms with E-state index in [9.17, 15) is 0 Å². The first-order chi connectivity index (χ1) is 21.5. The van der Waals surface area contributed by atoms with Gasteiger partial charge in [0.15, 0.2) is 0 Å². The van der Waals surface area contributed by atoms with Crippen molar-refractivity contribution in [1.29, 1.82) is 0 Å². The van der Waals surface area contributed by atoms with Crippen molar-refractivity contribution in [3.8, 4) is 0 Å². The fourth-order valence-corrected chi connectivity index (χ4v) is 5.58. The van der Waals surface area contributed by atoms with E-state index in [1.807, 2.05) is 49.6 Å². The van der Waals surface area contributed by atoms with Crippen LogP contribution in [0.3, 0.4) is 0 Å². The molecule has 4 rings (SSSR count). The molecule has 5 heteroatoms. The van der Waals surface area contributed by atoms with Crippen LogP contribution in [-0.4, -0.2) is 19.9 Å². The molecule has 4 nitrogen and oxygen atoms in total. The molecule has 0 N–H and O–H groups in total. The van der Waals surface area contributed by atoms with Crippen molar-refractivity contribution < 1.29 is 19.5 Å². The number of pyridine rings is 4. The predicted octanol–water partition coefficient (Wildman–Crippen LogP) is 11.9. The predicted molar refractivity (Wildman–Crippen MR) is 190 cm³/mol. The van der Waals surface area contributed by atoms with E-state index in [1.165, 1.54) is 73.6 Å². The Morgan fingerprint density at radius 3 is 0.556 bits per heavy atom. The summed E-state index contributed by atoms with van der Waals surface area (Å²) in [6, 6.07) is 16.9. The number of aromatic nitrogens is 4. The van der Waals surface area contributed by atoms with E-state index in [-0.39, 0.29) is 19.5 Å². The maximum atomic E-state index is 4.00. The average Bonchev–Trinajstić information content (AvgIpc) is 3.10. The maximum absolute atomic E-state index is 4.00. The first kappa shape index (κ1) is 42.2. The zero-order valence-electron chi connectivity index (χ0n) is 29.7. The van der Waals surface area contributed by atoms with Crippen LogP contribution in [0.1, 0.15) is 153 Å². The summed E-state index contributed by atoms with van der Waals surface area (Å²) in [6.45, 7) is 17.8. The van der Waals surface area contributed by atoms with E-state index in [4.69, 9.17) is 0 Å². The molecule has 240 valence electrons. The maximum Gasteiger partial charge on any atom is 2.00 e. The van der Waals surface area contributed by atoms with Crippen molar-refractivity contribution in [1.82, 2.24) is 19.9 Å². The summed E-state index contributed by atoms with van der Waals surface area (Å²) >= 11 is 0. The fraction of sp³-hybridized carbons (Fsp3) is 0.500. The smallest absolute Gasteiger partial charge is 0.265 e. The minimum Gasteiger partial charge on any atom is -0.265 e. The first-order valence-corrected chi connectivity index (χ1v) is 17.1. The number of nitrogens with zero attached hydrogens (tertiary/aromatic N) is 4. The summed E-state index contributed by atoms with van der Waals surface area (Å²) in [6.07, 6.45) is 24.7. The molecule has 4 aromatic rings. The molecule has 0 amide bonds. The average molecular weight is 662 g/mol. The zero-order valence-corrected chi connectivity index (χ0v) is 32.7. The van der Waals surface area contributed by atoms with Crippen LogP contribution in [0.25, 0.3) is 0 Å². The number of rotatable bonds is 12. The molecule has 0 saturated carbocycles. The summed E-state index contributed by atoms with van der Waals surface area (Å²) in [5.74, 6) is 2.88. The van der Waals surface area contributed by atoms with Crippen molar-refractivity contribution in [2.45, 2.75) is 130 Å². The zero-order chi connectivity index (χ0) is 32.4. The third kappa shape index (κ3) is 16.9. The van der Waals surface area contributed by atoms with Gasteiger partial charge in [-0.2, -0.15) is 0 Å². The number of hydrogen-bond acceptors (Lipinski definition) is 4. The monoisotopic (exact) mass is 660 g/mol. The second-order valence-corrected chi connectivity index (χ2v) is 11.2. The molecule has 0 saturated heterocycles. The molecular weight excluding hydrogens is 602 g/mol. The van der Waals surface area contributed by atoms with E-state index < -0.39 is 0 Å². The summed E-state index contributed by atoms with van der Waals surface area (Å²) < 4.78 is 0. The Balaban J connectivity index is 0.000000569. The van der Waals surface area contributed by atoms with Crippen molar-refractivity contribution in [2.24, 2.45) is 0 Å². The van der Waals surface area contributed by atoms with E-state index in [2.05, 4.69) is 124 Å². The molecular formula is C40H60N4Zn+2. The quantitative estimate of drug-likeness (QED) is 0.142. The molecule has 0 aromatic carbocycles. The van der Waals surface area contributed by atoms with Gasteiger partial charge in [-0.15, -0.1) is 0 Å². The topological polar surface area (TPSA) is 51.6 Å². The van der Waals surface area contributed by atoms with Crippen molar-refractivity contribution in [3.05, 3.63) is 120 Å². The van der Waals surface area contributed by atoms with Crippen LogP contribution in [0.2, 0.25) is 0 Å². The van der Waals surface area contributed by atoms with Crippen LogP contribution in [0.15, 0.2) is 98.1 Å². The van der Waals surface area contributed by atoms with Crippen molar-refractivity contribution in [2.75, 3.05) is 0 Å². The molecule has 0 spiro atoms. The van der Waals surface area contributed by atoms with Crippen LogP contribution in [0.4, 0.5) is 0 Å². The molecule has 0 aliphatic heterocycles. The van der Waals surface area contributed by atoms with Crippen LogP contribution >= 0.6 is 0 Å². The molecule has 0 bridgehead atoms. The van der Waals surface area contributed by atoms with Gasteiger partial charge < -0.3 is 0 Å². The molecule has 0 atom stereocenters. The molecule has 4 aromatic heterocycles. The van der Waals surface area contributed by atoms with Gasteiger partial charge in [-0.3, -0.25) is 19.9 Å². The third-order valence-corrected chi connectivity index (χ3v) is 8.65. The Labute approximate surface area is 289 Å². The fourth-order valence-electron chi connectivity index (χ4n) is 5.58. The van der Waals surface area contributed by atoms with Gasteiger partial charge in [0.2, 0.25) is 0 Å². The van der Waals surface area contributed by atoms with Gasteiger partial charge in [0, 0.05) is 49.6 Å². The van der Waals surface area contributed by atoms with Crippen LogP contribution in [0, 0.1) is 0 Å². The van der Waals surface area contributed by atoms with Crippen molar-refractivity contribution >= 4 is 0 Å². The van der Waals surface area contributed by atoms with Gasteiger partial charge in [-0.1, -0.05) is 55.4 Å². The summed E-state index contributed by atoms with van der Waals surface area (Å²) in [5.41, 5.74) is 5.69.